The van der Waals surface area contributed by atoms with E-state index in [4.69, 9.17) is 4.74 Å². The molecule has 1 aromatic carbocycles. The lowest BCUT2D eigenvalue weighted by molar-refractivity contribution is 0.0827. The predicted octanol–water partition coefficient (Wildman–Crippen LogP) is 2.11. The van der Waals surface area contributed by atoms with Gasteiger partial charge in [0.15, 0.2) is 0 Å². The highest BCUT2D eigenvalue weighted by molar-refractivity contribution is 5.94. The Morgan fingerprint density at radius 3 is 2.55 bits per heavy atom. The van der Waals surface area contributed by atoms with Gasteiger partial charge in [-0.25, -0.2) is 9.97 Å². The third-order valence-corrected chi connectivity index (χ3v) is 3.42. The Morgan fingerprint density at radius 1 is 1.18 bits per heavy atom. The van der Waals surface area contributed by atoms with Crippen LogP contribution >= 0.6 is 0 Å². The number of rotatable bonds is 3. The highest BCUT2D eigenvalue weighted by Gasteiger charge is 2.12. The van der Waals surface area contributed by atoms with Gasteiger partial charge < -0.3 is 9.64 Å². The minimum atomic E-state index is -0.0180. The number of amides is 1. The highest BCUT2D eigenvalue weighted by atomic mass is 16.5. The zero-order valence-corrected chi connectivity index (χ0v) is 12.6. The second-order valence-electron chi connectivity index (χ2n) is 5.05. The fourth-order valence-corrected chi connectivity index (χ4v) is 2.29. The zero-order chi connectivity index (χ0) is 15.7. The number of benzene rings is 1. The molecule has 0 aliphatic carbocycles. The Bertz CT molecular complexity index is 822. The second-order valence-corrected chi connectivity index (χ2v) is 5.05. The van der Waals surface area contributed by atoms with E-state index < -0.39 is 0 Å². The number of carbonyl (C=O) groups is 1. The molecule has 2 aromatic heterocycles. The van der Waals surface area contributed by atoms with Crippen molar-refractivity contribution >= 4 is 11.6 Å². The van der Waals surface area contributed by atoms with Crippen molar-refractivity contribution in [1.29, 1.82) is 0 Å². The fraction of sp³-hybridized carbons (Fsp3) is 0.188. The largest absolute Gasteiger partial charge is 0.478 e. The van der Waals surface area contributed by atoms with E-state index in [2.05, 4.69) is 9.97 Å². The van der Waals surface area contributed by atoms with Crippen LogP contribution in [0, 0.1) is 0 Å². The van der Waals surface area contributed by atoms with Crippen LogP contribution in [-0.2, 0) is 0 Å². The van der Waals surface area contributed by atoms with Gasteiger partial charge in [0.2, 0.25) is 5.65 Å². The molecule has 0 fully saturated rings. The first-order chi connectivity index (χ1) is 10.6. The van der Waals surface area contributed by atoms with Gasteiger partial charge in [-0.2, -0.15) is 0 Å². The molecule has 0 saturated carbocycles. The van der Waals surface area contributed by atoms with Crippen molar-refractivity contribution in [2.24, 2.45) is 0 Å². The Kier molecular flexibility index (Phi) is 3.50. The van der Waals surface area contributed by atoms with Crippen LogP contribution < -0.4 is 4.74 Å². The molecule has 0 aliphatic rings. The Hall–Kier alpha value is -2.89. The van der Waals surface area contributed by atoms with Crippen LogP contribution in [0.15, 0.2) is 42.9 Å². The van der Waals surface area contributed by atoms with Gasteiger partial charge in [0.1, 0.15) is 0 Å². The molecule has 0 spiro atoms. The first-order valence-corrected chi connectivity index (χ1v) is 6.80. The molecule has 6 heteroatoms. The normalized spacial score (nSPS) is 10.7. The molecular weight excluding hydrogens is 280 g/mol. The van der Waals surface area contributed by atoms with Gasteiger partial charge in [0.25, 0.3) is 11.8 Å². The molecule has 112 valence electrons. The average Bonchev–Trinajstić information content (AvgIpc) is 2.98. The van der Waals surface area contributed by atoms with Gasteiger partial charge in [-0.15, -0.1) is 0 Å². The van der Waals surface area contributed by atoms with Gasteiger partial charge in [0.05, 0.1) is 19.0 Å². The summed E-state index contributed by atoms with van der Waals surface area (Å²) in [5, 5.41) is 0. The van der Waals surface area contributed by atoms with E-state index in [1.807, 2.05) is 34.9 Å². The number of fused-ring (bicyclic) bond motifs is 1. The van der Waals surface area contributed by atoms with Crippen molar-refractivity contribution in [3.05, 3.63) is 48.4 Å². The molecule has 2 heterocycles. The van der Waals surface area contributed by atoms with Crippen molar-refractivity contribution in [2.45, 2.75) is 0 Å². The number of hydrogen-bond acceptors (Lipinski definition) is 4. The van der Waals surface area contributed by atoms with E-state index in [0.29, 0.717) is 17.1 Å². The molecule has 0 atom stereocenters. The number of nitrogens with zero attached hydrogens (tertiary/aromatic N) is 4. The zero-order valence-electron chi connectivity index (χ0n) is 12.6. The molecule has 0 radical (unpaired) electrons. The lowest BCUT2D eigenvalue weighted by Crippen LogP contribution is -2.21. The van der Waals surface area contributed by atoms with Crippen LogP contribution in [0.4, 0.5) is 0 Å². The number of aromatic nitrogens is 3. The van der Waals surface area contributed by atoms with Gasteiger partial charge in [-0.05, 0) is 12.1 Å². The summed E-state index contributed by atoms with van der Waals surface area (Å²) in [7, 11) is 5.04. The summed E-state index contributed by atoms with van der Waals surface area (Å²) in [5.74, 6) is 0.462. The third kappa shape index (κ3) is 2.28. The Morgan fingerprint density at radius 2 is 1.91 bits per heavy atom. The molecular formula is C16H16N4O2. The van der Waals surface area contributed by atoms with Crippen molar-refractivity contribution < 1.29 is 9.53 Å². The monoisotopic (exact) mass is 296 g/mol. The standard InChI is InChI=1S/C16H16N4O2/c1-19(2)16(21)12-6-4-11(5-7-12)13-10-18-14-15(22-3)17-8-9-20(13)14/h4-10H,1-3H3. The average molecular weight is 296 g/mol. The van der Waals surface area contributed by atoms with E-state index in [-0.39, 0.29) is 5.91 Å². The summed E-state index contributed by atoms with van der Waals surface area (Å²) in [6.07, 6.45) is 5.27. The van der Waals surface area contributed by atoms with Crippen molar-refractivity contribution in [3.8, 4) is 17.1 Å². The first kappa shape index (κ1) is 14.1. The number of carbonyl (C=O) groups excluding carboxylic acids is 1. The summed E-state index contributed by atoms with van der Waals surface area (Å²) < 4.78 is 7.12. The maximum Gasteiger partial charge on any atom is 0.258 e. The van der Waals surface area contributed by atoms with E-state index in [9.17, 15) is 4.79 Å². The molecule has 3 aromatic rings. The van der Waals surface area contributed by atoms with Crippen LogP contribution in [0.25, 0.3) is 16.9 Å². The lowest BCUT2D eigenvalue weighted by Gasteiger charge is -2.10. The second kappa shape index (κ2) is 5.48. The molecule has 0 aliphatic heterocycles. The summed E-state index contributed by atoms with van der Waals surface area (Å²) in [6.45, 7) is 0. The van der Waals surface area contributed by atoms with Gasteiger partial charge in [0, 0.05) is 37.6 Å². The third-order valence-electron chi connectivity index (χ3n) is 3.42. The van der Waals surface area contributed by atoms with Gasteiger partial charge >= 0.3 is 0 Å². The van der Waals surface area contributed by atoms with Crippen molar-refractivity contribution in [3.63, 3.8) is 0 Å². The Labute approximate surface area is 128 Å². The topological polar surface area (TPSA) is 59.7 Å². The first-order valence-electron chi connectivity index (χ1n) is 6.80. The van der Waals surface area contributed by atoms with Crippen LogP contribution in [0.5, 0.6) is 5.88 Å². The summed E-state index contributed by atoms with van der Waals surface area (Å²) in [4.78, 5) is 22.0. The van der Waals surface area contributed by atoms with Crippen LogP contribution in [0.2, 0.25) is 0 Å². The molecule has 0 unspecified atom stereocenters. The number of imidazole rings is 1. The quantitative estimate of drug-likeness (QED) is 0.742. The summed E-state index contributed by atoms with van der Waals surface area (Å²) in [6, 6.07) is 7.45. The molecule has 6 nitrogen and oxygen atoms in total. The van der Waals surface area contributed by atoms with Crippen LogP contribution in [-0.4, -0.2) is 46.4 Å². The Balaban J connectivity index is 2.03. The molecule has 1 amide bonds. The number of hydrogen-bond donors (Lipinski definition) is 0. The highest BCUT2D eigenvalue weighted by Crippen LogP contribution is 2.24. The maximum atomic E-state index is 11.9. The molecule has 0 bridgehead atoms. The van der Waals surface area contributed by atoms with Gasteiger partial charge in [-0.3, -0.25) is 9.20 Å². The minimum absolute atomic E-state index is 0.0180. The molecule has 0 N–H and O–H groups in total. The predicted molar refractivity (Wildman–Crippen MR) is 83.0 cm³/mol. The van der Waals surface area contributed by atoms with Gasteiger partial charge in [-0.1, -0.05) is 12.1 Å². The molecule has 0 saturated heterocycles. The fourth-order valence-electron chi connectivity index (χ4n) is 2.29. The summed E-state index contributed by atoms with van der Waals surface area (Å²) >= 11 is 0. The smallest absolute Gasteiger partial charge is 0.258 e. The van der Waals surface area contributed by atoms with Crippen molar-refractivity contribution in [1.82, 2.24) is 19.3 Å². The van der Waals surface area contributed by atoms with Crippen LogP contribution in [0.3, 0.4) is 0 Å². The van der Waals surface area contributed by atoms with E-state index in [0.717, 1.165) is 11.3 Å². The van der Waals surface area contributed by atoms with E-state index in [1.165, 1.54) is 0 Å². The molecule has 3 rings (SSSR count). The maximum absolute atomic E-state index is 11.9. The number of ether oxygens (including phenoxy) is 1. The minimum Gasteiger partial charge on any atom is -0.478 e. The van der Waals surface area contributed by atoms with Crippen molar-refractivity contribution in [2.75, 3.05) is 21.2 Å². The molecule has 22 heavy (non-hydrogen) atoms. The van der Waals surface area contributed by atoms with E-state index >= 15 is 0 Å². The SMILES string of the molecule is COc1nccn2c(-c3ccc(C(=O)N(C)C)cc3)cnc12. The summed E-state index contributed by atoms with van der Waals surface area (Å²) in [5.41, 5.74) is 3.20. The van der Waals surface area contributed by atoms with Crippen LogP contribution in [0.1, 0.15) is 10.4 Å². The van der Waals surface area contributed by atoms with E-state index in [1.54, 1.807) is 38.5 Å². The number of methoxy groups -OCH3 is 1. The lowest BCUT2D eigenvalue weighted by atomic mass is 10.1.